The number of nitrogens with zero attached hydrogens (tertiary/aromatic N) is 3. The number of aryl methyl sites for hydroxylation is 2. The van der Waals surface area contributed by atoms with Crippen molar-refractivity contribution in [2.75, 3.05) is 18.0 Å². The van der Waals surface area contributed by atoms with Gasteiger partial charge in [0.05, 0.1) is 12.3 Å². The van der Waals surface area contributed by atoms with Crippen LogP contribution in [-0.2, 0) is 22.3 Å². The summed E-state index contributed by atoms with van der Waals surface area (Å²) in [5.41, 5.74) is 2.68. The lowest BCUT2D eigenvalue weighted by molar-refractivity contribution is 0.569. The standard InChI is InChI=1S/C19H26N4O2S/c1-15-7-6-8-17(11-15)14-26(24,25)20-13-18-21-16(2)12-19(22-18)23-9-4-3-5-10-23/h6-8,11-12,20H,3-5,9-10,13-14H2,1-2H3. The summed E-state index contributed by atoms with van der Waals surface area (Å²) in [6, 6.07) is 9.50. The van der Waals surface area contributed by atoms with Gasteiger partial charge in [-0.05, 0) is 38.7 Å². The highest BCUT2D eigenvalue weighted by Gasteiger charge is 2.16. The van der Waals surface area contributed by atoms with E-state index in [4.69, 9.17) is 0 Å². The molecule has 0 atom stereocenters. The van der Waals surface area contributed by atoms with Gasteiger partial charge in [-0.25, -0.2) is 23.1 Å². The maximum absolute atomic E-state index is 12.4. The van der Waals surface area contributed by atoms with Crippen LogP contribution in [0.4, 0.5) is 5.82 Å². The molecule has 140 valence electrons. The largest absolute Gasteiger partial charge is 0.357 e. The molecule has 0 amide bonds. The van der Waals surface area contributed by atoms with Gasteiger partial charge in [0.1, 0.15) is 11.6 Å². The number of hydrogen-bond donors (Lipinski definition) is 1. The van der Waals surface area contributed by atoms with Gasteiger partial charge >= 0.3 is 0 Å². The fourth-order valence-corrected chi connectivity index (χ4v) is 4.29. The molecule has 2 aromatic rings. The molecular formula is C19H26N4O2S. The Morgan fingerprint density at radius 3 is 2.58 bits per heavy atom. The van der Waals surface area contributed by atoms with E-state index in [1.165, 1.54) is 19.3 Å². The Morgan fingerprint density at radius 1 is 1.08 bits per heavy atom. The van der Waals surface area contributed by atoms with E-state index >= 15 is 0 Å². The van der Waals surface area contributed by atoms with E-state index in [9.17, 15) is 8.42 Å². The summed E-state index contributed by atoms with van der Waals surface area (Å²) in [7, 11) is -3.44. The molecule has 0 saturated carbocycles. The molecule has 1 aliphatic rings. The van der Waals surface area contributed by atoms with Gasteiger partial charge in [-0.3, -0.25) is 0 Å². The molecule has 1 aliphatic heterocycles. The Morgan fingerprint density at radius 2 is 1.85 bits per heavy atom. The van der Waals surface area contributed by atoms with Crippen LogP contribution in [0.3, 0.4) is 0 Å². The van der Waals surface area contributed by atoms with Gasteiger partial charge in [0, 0.05) is 24.8 Å². The summed E-state index contributed by atoms with van der Waals surface area (Å²) in [6.07, 6.45) is 3.59. The van der Waals surface area contributed by atoms with Gasteiger partial charge in [-0.2, -0.15) is 0 Å². The van der Waals surface area contributed by atoms with E-state index in [1.54, 1.807) is 0 Å². The van der Waals surface area contributed by atoms with Crippen LogP contribution in [0, 0.1) is 13.8 Å². The lowest BCUT2D eigenvalue weighted by atomic mass is 10.1. The SMILES string of the molecule is Cc1cccc(CS(=O)(=O)NCc2nc(C)cc(N3CCCCC3)n2)c1. The second-order valence-electron chi connectivity index (χ2n) is 6.90. The molecule has 0 unspecified atom stereocenters. The van der Waals surface area contributed by atoms with E-state index in [-0.39, 0.29) is 12.3 Å². The van der Waals surface area contributed by atoms with Crippen LogP contribution in [0.2, 0.25) is 0 Å². The summed E-state index contributed by atoms with van der Waals surface area (Å²) in [5, 5.41) is 0. The van der Waals surface area contributed by atoms with Crippen molar-refractivity contribution < 1.29 is 8.42 Å². The first kappa shape index (κ1) is 18.8. The summed E-state index contributed by atoms with van der Waals surface area (Å²) in [4.78, 5) is 11.2. The van der Waals surface area contributed by atoms with E-state index < -0.39 is 10.0 Å². The van der Waals surface area contributed by atoms with Crippen molar-refractivity contribution in [1.82, 2.24) is 14.7 Å². The third-order valence-electron chi connectivity index (χ3n) is 4.46. The molecule has 1 aromatic carbocycles. The van der Waals surface area contributed by atoms with Gasteiger partial charge in [0.2, 0.25) is 10.0 Å². The van der Waals surface area contributed by atoms with E-state index in [1.807, 2.05) is 44.2 Å². The van der Waals surface area contributed by atoms with Crippen LogP contribution in [0.15, 0.2) is 30.3 Å². The second-order valence-corrected chi connectivity index (χ2v) is 8.71. The van der Waals surface area contributed by atoms with Crippen LogP contribution in [0.1, 0.15) is 41.9 Å². The topological polar surface area (TPSA) is 75.2 Å². The smallest absolute Gasteiger partial charge is 0.216 e. The first-order valence-corrected chi connectivity index (χ1v) is 10.7. The van der Waals surface area contributed by atoms with Crippen molar-refractivity contribution in [3.05, 3.63) is 53.0 Å². The predicted molar refractivity (Wildman–Crippen MR) is 103 cm³/mol. The molecule has 0 spiro atoms. The third kappa shape index (κ3) is 5.25. The maximum Gasteiger partial charge on any atom is 0.216 e. The van der Waals surface area contributed by atoms with Crippen molar-refractivity contribution in [1.29, 1.82) is 0 Å². The third-order valence-corrected chi connectivity index (χ3v) is 5.75. The van der Waals surface area contributed by atoms with Gasteiger partial charge in [-0.15, -0.1) is 0 Å². The van der Waals surface area contributed by atoms with Gasteiger partial charge in [-0.1, -0.05) is 29.8 Å². The first-order valence-electron chi connectivity index (χ1n) is 9.04. The lowest BCUT2D eigenvalue weighted by Crippen LogP contribution is -2.31. The fourth-order valence-electron chi connectivity index (χ4n) is 3.22. The van der Waals surface area contributed by atoms with Crippen molar-refractivity contribution in [3.63, 3.8) is 0 Å². The summed E-state index contributed by atoms with van der Waals surface area (Å²) < 4.78 is 27.4. The molecule has 1 aromatic heterocycles. The highest BCUT2D eigenvalue weighted by molar-refractivity contribution is 7.88. The Balaban J connectivity index is 1.67. The molecule has 0 radical (unpaired) electrons. The zero-order chi connectivity index (χ0) is 18.6. The molecular weight excluding hydrogens is 348 g/mol. The average molecular weight is 375 g/mol. The number of nitrogens with one attached hydrogen (secondary N) is 1. The molecule has 3 rings (SSSR count). The molecule has 2 heterocycles. The second kappa shape index (κ2) is 8.14. The van der Waals surface area contributed by atoms with E-state index in [0.717, 1.165) is 35.7 Å². The highest BCUT2D eigenvalue weighted by atomic mass is 32.2. The molecule has 1 saturated heterocycles. The maximum atomic E-state index is 12.4. The number of aromatic nitrogens is 2. The molecule has 0 aliphatic carbocycles. The van der Waals surface area contributed by atoms with Crippen LogP contribution in [-0.4, -0.2) is 31.5 Å². The summed E-state index contributed by atoms with van der Waals surface area (Å²) in [6.45, 7) is 5.97. The van der Waals surface area contributed by atoms with Crippen molar-refractivity contribution in [3.8, 4) is 0 Å². The highest BCUT2D eigenvalue weighted by Crippen LogP contribution is 2.18. The van der Waals surface area contributed by atoms with Gasteiger partial charge in [0.25, 0.3) is 0 Å². The molecule has 1 N–H and O–H groups in total. The van der Waals surface area contributed by atoms with E-state index in [2.05, 4.69) is 19.6 Å². The fraction of sp³-hybridized carbons (Fsp3) is 0.474. The predicted octanol–water partition coefficient (Wildman–Crippen LogP) is 2.70. The van der Waals surface area contributed by atoms with Gasteiger partial charge < -0.3 is 4.90 Å². The normalized spacial score (nSPS) is 15.2. The Kier molecular flexibility index (Phi) is 5.88. The minimum Gasteiger partial charge on any atom is -0.357 e. The summed E-state index contributed by atoms with van der Waals surface area (Å²) in [5.74, 6) is 1.36. The minimum atomic E-state index is -3.44. The van der Waals surface area contributed by atoms with E-state index in [0.29, 0.717) is 5.82 Å². The molecule has 0 bridgehead atoms. The van der Waals surface area contributed by atoms with Crippen molar-refractivity contribution in [2.45, 2.75) is 45.4 Å². The quantitative estimate of drug-likeness (QED) is 0.841. The number of piperidine rings is 1. The first-order chi connectivity index (χ1) is 12.4. The number of sulfonamides is 1. The summed E-state index contributed by atoms with van der Waals surface area (Å²) >= 11 is 0. The zero-order valence-electron chi connectivity index (χ0n) is 15.4. The average Bonchev–Trinajstić information content (AvgIpc) is 2.60. The monoisotopic (exact) mass is 374 g/mol. The lowest BCUT2D eigenvalue weighted by Gasteiger charge is -2.28. The van der Waals surface area contributed by atoms with Crippen LogP contribution >= 0.6 is 0 Å². The Labute approximate surface area is 155 Å². The number of rotatable bonds is 6. The number of anilines is 1. The molecule has 1 fully saturated rings. The Hall–Kier alpha value is -1.99. The minimum absolute atomic E-state index is 0.0422. The molecule has 7 heteroatoms. The van der Waals surface area contributed by atoms with Crippen LogP contribution in [0.5, 0.6) is 0 Å². The van der Waals surface area contributed by atoms with Gasteiger partial charge in [0.15, 0.2) is 0 Å². The van der Waals surface area contributed by atoms with Crippen molar-refractivity contribution in [2.24, 2.45) is 0 Å². The zero-order valence-corrected chi connectivity index (χ0v) is 16.2. The number of benzene rings is 1. The molecule has 6 nitrogen and oxygen atoms in total. The molecule has 26 heavy (non-hydrogen) atoms. The Bertz CT molecular complexity index is 862. The van der Waals surface area contributed by atoms with Crippen LogP contribution in [0.25, 0.3) is 0 Å². The number of hydrogen-bond acceptors (Lipinski definition) is 5. The van der Waals surface area contributed by atoms with Crippen LogP contribution < -0.4 is 9.62 Å². The van der Waals surface area contributed by atoms with Crippen molar-refractivity contribution >= 4 is 15.8 Å².